The zero-order valence-electron chi connectivity index (χ0n) is 11.2. The van der Waals surface area contributed by atoms with Crippen molar-refractivity contribution in [1.29, 1.82) is 0 Å². The molecule has 0 aliphatic heterocycles. The molecule has 0 bridgehead atoms. The quantitative estimate of drug-likeness (QED) is 0.873. The molecule has 0 atom stereocenters. The van der Waals surface area contributed by atoms with Crippen molar-refractivity contribution in [2.45, 2.75) is 20.0 Å². The first kappa shape index (κ1) is 14.2. The van der Waals surface area contributed by atoms with E-state index in [-0.39, 0.29) is 12.4 Å². The molecule has 1 aromatic heterocycles. The average molecular weight is 278 g/mol. The predicted octanol–water partition coefficient (Wildman–Crippen LogP) is 3.76. The Morgan fingerprint density at radius 3 is 2.70 bits per heavy atom. The fourth-order valence-corrected chi connectivity index (χ4v) is 1.62. The summed E-state index contributed by atoms with van der Waals surface area (Å²) in [4.78, 5) is 4.22. The Morgan fingerprint density at radius 1 is 1.20 bits per heavy atom. The third-order valence-electron chi connectivity index (χ3n) is 2.67. The van der Waals surface area contributed by atoms with Crippen LogP contribution in [0.4, 0.5) is 14.6 Å². The van der Waals surface area contributed by atoms with Crippen LogP contribution in [-0.4, -0.2) is 11.5 Å². The lowest BCUT2D eigenvalue weighted by Gasteiger charge is -2.08. The fraction of sp³-hybridized carbons (Fsp3) is 0.267. The van der Waals surface area contributed by atoms with Crippen LogP contribution in [0.1, 0.15) is 18.9 Å². The summed E-state index contributed by atoms with van der Waals surface area (Å²) in [6.07, 6.45) is 2.69. The summed E-state index contributed by atoms with van der Waals surface area (Å²) >= 11 is 0. The second-order valence-electron chi connectivity index (χ2n) is 4.34. The average Bonchev–Trinajstić information content (AvgIpc) is 2.45. The lowest BCUT2D eigenvalue weighted by molar-refractivity contribution is 0.289. The molecular formula is C15H16F2N2O. The number of nitrogens with one attached hydrogen (secondary N) is 1. The van der Waals surface area contributed by atoms with Crippen LogP contribution >= 0.6 is 0 Å². The number of aromatic nitrogens is 1. The maximum Gasteiger partial charge on any atom is 0.167 e. The Hall–Kier alpha value is -2.17. The van der Waals surface area contributed by atoms with Crippen molar-refractivity contribution >= 4 is 5.82 Å². The molecule has 0 fully saturated rings. The van der Waals surface area contributed by atoms with Gasteiger partial charge < -0.3 is 10.1 Å². The second kappa shape index (κ2) is 6.84. The smallest absolute Gasteiger partial charge is 0.167 e. The van der Waals surface area contributed by atoms with Crippen LogP contribution in [0, 0.1) is 11.6 Å². The predicted molar refractivity (Wildman–Crippen MR) is 73.7 cm³/mol. The number of pyridine rings is 1. The van der Waals surface area contributed by atoms with Gasteiger partial charge in [-0.2, -0.15) is 0 Å². The van der Waals surface area contributed by atoms with E-state index in [1.807, 2.05) is 12.1 Å². The van der Waals surface area contributed by atoms with Crippen molar-refractivity contribution in [2.75, 3.05) is 11.9 Å². The van der Waals surface area contributed by atoms with Gasteiger partial charge >= 0.3 is 0 Å². The molecule has 2 rings (SSSR count). The van der Waals surface area contributed by atoms with Crippen molar-refractivity contribution in [3.05, 3.63) is 53.7 Å². The van der Waals surface area contributed by atoms with Crippen LogP contribution in [-0.2, 0) is 6.61 Å². The lowest BCUT2D eigenvalue weighted by atomic mass is 10.3. The topological polar surface area (TPSA) is 34.1 Å². The highest BCUT2D eigenvalue weighted by molar-refractivity contribution is 5.35. The number of anilines is 1. The molecule has 0 aliphatic carbocycles. The molecule has 3 nitrogen and oxygen atoms in total. The number of halogens is 2. The Bertz CT molecular complexity index is 558. The number of nitrogens with zero attached hydrogens (tertiary/aromatic N) is 1. The van der Waals surface area contributed by atoms with E-state index in [0.29, 0.717) is 0 Å². The van der Waals surface area contributed by atoms with E-state index in [1.165, 1.54) is 6.07 Å². The van der Waals surface area contributed by atoms with Gasteiger partial charge in [0.1, 0.15) is 18.2 Å². The van der Waals surface area contributed by atoms with Crippen LogP contribution in [0.5, 0.6) is 5.75 Å². The first-order valence-corrected chi connectivity index (χ1v) is 6.45. The summed E-state index contributed by atoms with van der Waals surface area (Å²) < 4.78 is 31.4. The monoisotopic (exact) mass is 278 g/mol. The molecule has 5 heteroatoms. The van der Waals surface area contributed by atoms with E-state index in [0.717, 1.165) is 36.5 Å². The molecule has 2 aromatic rings. The Kier molecular flexibility index (Phi) is 4.87. The molecule has 106 valence electrons. The van der Waals surface area contributed by atoms with Gasteiger partial charge in [-0.3, -0.25) is 0 Å². The van der Waals surface area contributed by atoms with E-state index in [2.05, 4.69) is 17.2 Å². The minimum Gasteiger partial charge on any atom is -0.486 e. The van der Waals surface area contributed by atoms with Gasteiger partial charge in [0, 0.05) is 24.4 Å². The van der Waals surface area contributed by atoms with E-state index in [4.69, 9.17) is 4.74 Å². The van der Waals surface area contributed by atoms with Gasteiger partial charge in [0.2, 0.25) is 0 Å². The number of benzene rings is 1. The zero-order valence-corrected chi connectivity index (χ0v) is 11.2. The lowest BCUT2D eigenvalue weighted by Crippen LogP contribution is -2.03. The highest BCUT2D eigenvalue weighted by Gasteiger charge is 2.05. The second-order valence-corrected chi connectivity index (χ2v) is 4.34. The van der Waals surface area contributed by atoms with Crippen molar-refractivity contribution in [3.8, 4) is 5.75 Å². The molecule has 20 heavy (non-hydrogen) atoms. The van der Waals surface area contributed by atoms with E-state index < -0.39 is 11.6 Å². The molecule has 1 N–H and O–H groups in total. The van der Waals surface area contributed by atoms with Crippen molar-refractivity contribution in [2.24, 2.45) is 0 Å². The molecule has 0 radical (unpaired) electrons. The van der Waals surface area contributed by atoms with Gasteiger partial charge in [-0.25, -0.2) is 13.8 Å². The standard InChI is InChI=1S/C15H16F2N2O/c1-2-7-18-15-6-3-11(9-19-15)10-20-14-5-4-12(16)8-13(14)17/h3-6,8-9H,2,7,10H2,1H3,(H,18,19). The van der Waals surface area contributed by atoms with Gasteiger partial charge in [0.15, 0.2) is 11.6 Å². The van der Waals surface area contributed by atoms with E-state index in [1.54, 1.807) is 6.20 Å². The van der Waals surface area contributed by atoms with Crippen LogP contribution < -0.4 is 10.1 Å². The number of hydrogen-bond donors (Lipinski definition) is 1. The van der Waals surface area contributed by atoms with Gasteiger partial charge in [-0.1, -0.05) is 13.0 Å². The third kappa shape index (κ3) is 3.91. The van der Waals surface area contributed by atoms with Crippen LogP contribution in [0.15, 0.2) is 36.5 Å². The largest absolute Gasteiger partial charge is 0.486 e. The van der Waals surface area contributed by atoms with Gasteiger partial charge in [0.05, 0.1) is 0 Å². The SMILES string of the molecule is CCCNc1ccc(COc2ccc(F)cc2F)cn1. The first-order valence-electron chi connectivity index (χ1n) is 6.45. The summed E-state index contributed by atoms with van der Waals surface area (Å²) in [7, 11) is 0. The fourth-order valence-electron chi connectivity index (χ4n) is 1.62. The third-order valence-corrected chi connectivity index (χ3v) is 2.67. The number of hydrogen-bond acceptors (Lipinski definition) is 3. The van der Waals surface area contributed by atoms with Gasteiger partial charge in [-0.05, 0) is 24.6 Å². The Morgan fingerprint density at radius 2 is 2.05 bits per heavy atom. The molecule has 1 aromatic carbocycles. The van der Waals surface area contributed by atoms with E-state index in [9.17, 15) is 8.78 Å². The zero-order chi connectivity index (χ0) is 14.4. The summed E-state index contributed by atoms with van der Waals surface area (Å²) in [5.74, 6) is -0.509. The highest BCUT2D eigenvalue weighted by atomic mass is 19.1. The van der Waals surface area contributed by atoms with E-state index >= 15 is 0 Å². The molecule has 1 heterocycles. The first-order chi connectivity index (χ1) is 9.69. The molecule has 0 saturated carbocycles. The van der Waals surface area contributed by atoms with Crippen LogP contribution in [0.2, 0.25) is 0 Å². The van der Waals surface area contributed by atoms with Crippen molar-refractivity contribution in [3.63, 3.8) is 0 Å². The van der Waals surface area contributed by atoms with Crippen molar-refractivity contribution < 1.29 is 13.5 Å². The molecule has 0 saturated heterocycles. The normalized spacial score (nSPS) is 10.3. The minimum absolute atomic E-state index is 0.0274. The van der Waals surface area contributed by atoms with Crippen LogP contribution in [0.25, 0.3) is 0 Å². The van der Waals surface area contributed by atoms with Gasteiger partial charge in [-0.15, -0.1) is 0 Å². The summed E-state index contributed by atoms with van der Waals surface area (Å²) in [6.45, 7) is 3.12. The molecular weight excluding hydrogens is 262 g/mol. The highest BCUT2D eigenvalue weighted by Crippen LogP contribution is 2.19. The maximum atomic E-state index is 13.4. The van der Waals surface area contributed by atoms with Crippen molar-refractivity contribution in [1.82, 2.24) is 4.98 Å². The molecule has 0 aliphatic rings. The molecule has 0 amide bonds. The Labute approximate surface area is 116 Å². The maximum absolute atomic E-state index is 13.4. The summed E-state index contributed by atoms with van der Waals surface area (Å²) in [5.41, 5.74) is 0.816. The molecule has 0 spiro atoms. The van der Waals surface area contributed by atoms with Crippen LogP contribution in [0.3, 0.4) is 0 Å². The summed E-state index contributed by atoms with van der Waals surface area (Å²) in [6, 6.07) is 6.93. The van der Waals surface area contributed by atoms with Gasteiger partial charge in [0.25, 0.3) is 0 Å². The number of ether oxygens (including phenoxy) is 1. The number of rotatable bonds is 6. The minimum atomic E-state index is -0.709. The summed E-state index contributed by atoms with van der Waals surface area (Å²) in [5, 5.41) is 3.16. The molecule has 0 unspecified atom stereocenters. The Balaban J connectivity index is 1.93.